The molecule has 1 heterocycles. The molecule has 2 heteroatoms. The lowest BCUT2D eigenvalue weighted by molar-refractivity contribution is 0.377. The molecule has 74 valence electrons. The number of epoxide rings is 1. The Bertz CT molecular complexity index is 218. The van der Waals surface area contributed by atoms with Crippen molar-refractivity contribution in [2.45, 2.75) is 58.0 Å². The highest BCUT2D eigenvalue weighted by molar-refractivity contribution is 6.83. The zero-order valence-corrected chi connectivity index (χ0v) is 10.2. The molecule has 0 N–H and O–H groups in total. The van der Waals surface area contributed by atoms with E-state index < -0.39 is 8.07 Å². The summed E-state index contributed by atoms with van der Waals surface area (Å²) in [6, 6.07) is 0. The van der Waals surface area contributed by atoms with Crippen LogP contribution in [-0.2, 0) is 4.74 Å². The molecule has 2 atom stereocenters. The van der Waals surface area contributed by atoms with E-state index in [2.05, 4.69) is 38.0 Å². The van der Waals surface area contributed by atoms with Gasteiger partial charge in [0.2, 0.25) is 0 Å². The molecule has 0 aliphatic carbocycles. The molecule has 0 radical (unpaired) electrons. The van der Waals surface area contributed by atoms with E-state index in [1.54, 1.807) is 0 Å². The zero-order chi connectivity index (χ0) is 9.90. The van der Waals surface area contributed by atoms with Crippen molar-refractivity contribution in [3.05, 3.63) is 0 Å². The zero-order valence-electron chi connectivity index (χ0n) is 9.18. The molecule has 1 unspecified atom stereocenters. The van der Waals surface area contributed by atoms with E-state index >= 15 is 0 Å². The van der Waals surface area contributed by atoms with E-state index in [0.717, 1.165) is 0 Å². The first-order chi connectivity index (χ1) is 6.03. The Balaban J connectivity index is 2.23. The maximum Gasteiger partial charge on any atom is 0.144 e. The van der Waals surface area contributed by atoms with Crippen molar-refractivity contribution in [3.63, 3.8) is 0 Å². The van der Waals surface area contributed by atoms with Crippen molar-refractivity contribution in [2.75, 3.05) is 0 Å². The number of ether oxygens (including phenoxy) is 1. The van der Waals surface area contributed by atoms with Gasteiger partial charge in [0.15, 0.2) is 0 Å². The molecule has 0 amide bonds. The van der Waals surface area contributed by atoms with Gasteiger partial charge < -0.3 is 4.74 Å². The van der Waals surface area contributed by atoms with Gasteiger partial charge in [-0.3, -0.25) is 0 Å². The van der Waals surface area contributed by atoms with Crippen molar-refractivity contribution in [1.29, 1.82) is 0 Å². The summed E-state index contributed by atoms with van der Waals surface area (Å²) in [6.45, 7) is 9.02. The van der Waals surface area contributed by atoms with Gasteiger partial charge in [-0.2, -0.15) is 0 Å². The van der Waals surface area contributed by atoms with Gasteiger partial charge in [-0.15, -0.1) is 5.54 Å². The number of unbranched alkanes of at least 4 members (excludes halogenated alkanes) is 1. The predicted octanol–water partition coefficient (Wildman–Crippen LogP) is 2.82. The molecule has 1 aliphatic rings. The molecule has 1 aliphatic heterocycles. The van der Waals surface area contributed by atoms with Crippen molar-refractivity contribution in [2.24, 2.45) is 0 Å². The molecular weight excluding hydrogens is 176 g/mol. The Hall–Kier alpha value is -0.263. The lowest BCUT2D eigenvalue weighted by atomic mass is 10.2. The molecule has 1 nitrogen and oxygen atoms in total. The summed E-state index contributed by atoms with van der Waals surface area (Å²) < 4.78 is 5.46. The summed E-state index contributed by atoms with van der Waals surface area (Å²) >= 11 is 0. The van der Waals surface area contributed by atoms with E-state index in [1.165, 1.54) is 19.3 Å². The standard InChI is InChI=1S/C11H20OSi/c1-5-6-7-10-11(12-10)8-9-13(2,3)4/h10-11H,5-7H2,1-4H3/t10?,11-/m0/s1. The number of hydrogen-bond donors (Lipinski definition) is 0. The largest absolute Gasteiger partial charge is 0.356 e. The van der Waals surface area contributed by atoms with Gasteiger partial charge in [-0.05, 0) is 6.42 Å². The lowest BCUT2D eigenvalue weighted by Crippen LogP contribution is -2.16. The van der Waals surface area contributed by atoms with Crippen molar-refractivity contribution >= 4 is 8.07 Å². The summed E-state index contributed by atoms with van der Waals surface area (Å²) in [5, 5.41) is 0. The fourth-order valence-electron chi connectivity index (χ4n) is 1.18. The highest BCUT2D eigenvalue weighted by Crippen LogP contribution is 2.26. The first-order valence-electron chi connectivity index (χ1n) is 5.21. The highest BCUT2D eigenvalue weighted by atomic mass is 28.3. The third-order valence-corrected chi connectivity index (χ3v) is 2.91. The Morgan fingerprint density at radius 1 is 1.31 bits per heavy atom. The fourth-order valence-corrected chi connectivity index (χ4v) is 1.76. The Morgan fingerprint density at radius 3 is 2.54 bits per heavy atom. The molecule has 0 spiro atoms. The first kappa shape index (κ1) is 10.8. The van der Waals surface area contributed by atoms with Gasteiger partial charge in [0.25, 0.3) is 0 Å². The lowest BCUT2D eigenvalue weighted by Gasteiger charge is -2.02. The summed E-state index contributed by atoms with van der Waals surface area (Å²) in [7, 11) is -1.18. The minimum atomic E-state index is -1.18. The molecular formula is C11H20OSi. The van der Waals surface area contributed by atoms with E-state index in [1.807, 2.05) is 0 Å². The smallest absolute Gasteiger partial charge is 0.144 e. The van der Waals surface area contributed by atoms with E-state index in [9.17, 15) is 0 Å². The predicted molar refractivity (Wildman–Crippen MR) is 59.3 cm³/mol. The minimum absolute atomic E-state index is 0.276. The maximum atomic E-state index is 5.46. The fraction of sp³-hybridized carbons (Fsp3) is 0.818. The van der Waals surface area contributed by atoms with Gasteiger partial charge in [-0.1, -0.05) is 45.3 Å². The van der Waals surface area contributed by atoms with Crippen LogP contribution in [0.2, 0.25) is 19.6 Å². The van der Waals surface area contributed by atoms with Crippen molar-refractivity contribution in [1.82, 2.24) is 0 Å². The SMILES string of the molecule is CCCCC1O[C@H]1C#C[Si](C)(C)C. The topological polar surface area (TPSA) is 12.5 Å². The monoisotopic (exact) mass is 196 g/mol. The quantitative estimate of drug-likeness (QED) is 0.384. The third kappa shape index (κ3) is 4.49. The molecule has 1 fully saturated rings. The van der Waals surface area contributed by atoms with Crippen LogP contribution in [0.1, 0.15) is 26.2 Å². The first-order valence-corrected chi connectivity index (χ1v) is 8.71. The van der Waals surface area contributed by atoms with Crippen LogP contribution >= 0.6 is 0 Å². The molecule has 13 heavy (non-hydrogen) atoms. The molecule has 0 bridgehead atoms. The average Bonchev–Trinajstić information content (AvgIpc) is 2.75. The molecule has 1 saturated heterocycles. The van der Waals surface area contributed by atoms with E-state index in [-0.39, 0.29) is 6.10 Å². The third-order valence-electron chi connectivity index (χ3n) is 2.01. The Kier molecular flexibility index (Phi) is 3.58. The second-order valence-electron chi connectivity index (χ2n) is 4.76. The maximum absolute atomic E-state index is 5.46. The Morgan fingerprint density at radius 2 is 2.00 bits per heavy atom. The van der Waals surface area contributed by atoms with Gasteiger partial charge in [0, 0.05) is 0 Å². The summed E-state index contributed by atoms with van der Waals surface area (Å²) in [5.41, 5.74) is 3.35. The van der Waals surface area contributed by atoms with Gasteiger partial charge >= 0.3 is 0 Å². The average molecular weight is 196 g/mol. The minimum Gasteiger partial charge on any atom is -0.356 e. The second kappa shape index (κ2) is 4.30. The highest BCUT2D eigenvalue weighted by Gasteiger charge is 2.36. The second-order valence-corrected chi connectivity index (χ2v) is 9.51. The van der Waals surface area contributed by atoms with Crippen LogP contribution in [-0.4, -0.2) is 20.3 Å². The summed E-state index contributed by atoms with van der Waals surface area (Å²) in [4.78, 5) is 0. The number of hydrogen-bond acceptors (Lipinski definition) is 1. The number of rotatable bonds is 3. The molecule has 0 saturated carbocycles. The van der Waals surface area contributed by atoms with Crippen LogP contribution in [0.4, 0.5) is 0 Å². The Labute approximate surface area is 82.9 Å². The van der Waals surface area contributed by atoms with Crippen LogP contribution in [0.3, 0.4) is 0 Å². The van der Waals surface area contributed by atoms with Gasteiger partial charge in [0.1, 0.15) is 14.2 Å². The summed E-state index contributed by atoms with van der Waals surface area (Å²) in [5.74, 6) is 3.25. The van der Waals surface area contributed by atoms with Crippen molar-refractivity contribution in [3.8, 4) is 11.5 Å². The molecule has 0 aromatic carbocycles. The molecule has 0 aromatic heterocycles. The van der Waals surface area contributed by atoms with Crippen LogP contribution in [0, 0.1) is 11.5 Å². The molecule has 0 aromatic rings. The normalized spacial score (nSPS) is 26.5. The van der Waals surface area contributed by atoms with Crippen LogP contribution in [0.25, 0.3) is 0 Å². The van der Waals surface area contributed by atoms with Crippen LogP contribution < -0.4 is 0 Å². The van der Waals surface area contributed by atoms with Crippen molar-refractivity contribution < 1.29 is 4.74 Å². The van der Waals surface area contributed by atoms with Gasteiger partial charge in [-0.25, -0.2) is 0 Å². The van der Waals surface area contributed by atoms with Gasteiger partial charge in [0.05, 0.1) is 6.10 Å². The van der Waals surface area contributed by atoms with Crippen LogP contribution in [0.5, 0.6) is 0 Å². The summed E-state index contributed by atoms with van der Waals surface area (Å²) in [6.07, 6.45) is 4.47. The van der Waals surface area contributed by atoms with E-state index in [0.29, 0.717) is 6.10 Å². The van der Waals surface area contributed by atoms with Crippen LogP contribution in [0.15, 0.2) is 0 Å². The van der Waals surface area contributed by atoms with E-state index in [4.69, 9.17) is 4.74 Å². The molecule has 1 rings (SSSR count).